The van der Waals surface area contributed by atoms with Gasteiger partial charge in [0.1, 0.15) is 0 Å². The summed E-state index contributed by atoms with van der Waals surface area (Å²) in [5.41, 5.74) is 1.12. The molecule has 0 spiro atoms. The zero-order valence-corrected chi connectivity index (χ0v) is 11.7. The van der Waals surface area contributed by atoms with Crippen molar-refractivity contribution >= 4 is 11.7 Å². The first-order valence-corrected chi connectivity index (χ1v) is 7.40. The summed E-state index contributed by atoms with van der Waals surface area (Å²) < 4.78 is 0. The van der Waals surface area contributed by atoms with Crippen LogP contribution in [0.25, 0.3) is 0 Å². The molecule has 2 amide bonds. The van der Waals surface area contributed by atoms with E-state index in [4.69, 9.17) is 5.26 Å². The number of hydrogen-bond acceptors (Lipinski definition) is 3. The molecule has 1 aromatic rings. The lowest BCUT2D eigenvalue weighted by atomic mass is 9.85. The highest BCUT2D eigenvalue weighted by molar-refractivity contribution is 5.89. The van der Waals surface area contributed by atoms with Gasteiger partial charge < -0.3 is 15.7 Å². The number of aliphatic hydroxyl groups is 1. The molecule has 2 aliphatic carbocycles. The molecule has 3 N–H and O–H groups in total. The van der Waals surface area contributed by atoms with Gasteiger partial charge in [0, 0.05) is 24.3 Å². The number of amides is 2. The smallest absolute Gasteiger partial charge is 0.319 e. The van der Waals surface area contributed by atoms with Crippen molar-refractivity contribution in [3.63, 3.8) is 0 Å². The van der Waals surface area contributed by atoms with Crippen LogP contribution in [0.4, 0.5) is 10.5 Å². The largest absolute Gasteiger partial charge is 0.396 e. The maximum Gasteiger partial charge on any atom is 0.319 e. The summed E-state index contributed by atoms with van der Waals surface area (Å²) in [5, 5.41) is 24.1. The number of nitriles is 1. The van der Waals surface area contributed by atoms with Gasteiger partial charge in [-0.1, -0.05) is 6.07 Å². The van der Waals surface area contributed by atoms with Gasteiger partial charge in [-0.2, -0.15) is 5.26 Å². The summed E-state index contributed by atoms with van der Waals surface area (Å²) in [6, 6.07) is 8.68. The number of aliphatic hydroxyl groups excluding tert-OH is 1. The molecule has 110 valence electrons. The van der Waals surface area contributed by atoms with E-state index in [1.807, 2.05) is 6.07 Å². The van der Waals surface area contributed by atoms with Crippen LogP contribution in [0, 0.1) is 29.1 Å². The number of nitrogens with one attached hydrogen (secondary N) is 2. The average molecular weight is 285 g/mol. The van der Waals surface area contributed by atoms with Crippen LogP contribution in [0.15, 0.2) is 24.3 Å². The van der Waals surface area contributed by atoms with Gasteiger partial charge in [0.2, 0.25) is 0 Å². The first-order valence-electron chi connectivity index (χ1n) is 7.40. The van der Waals surface area contributed by atoms with Crippen LogP contribution in [-0.2, 0) is 0 Å². The van der Waals surface area contributed by atoms with E-state index < -0.39 is 0 Å². The van der Waals surface area contributed by atoms with Crippen LogP contribution in [0.2, 0.25) is 0 Å². The quantitative estimate of drug-likeness (QED) is 0.795. The molecule has 2 aliphatic rings. The lowest BCUT2D eigenvalue weighted by Crippen LogP contribution is -2.46. The first kappa shape index (κ1) is 13.9. The summed E-state index contributed by atoms with van der Waals surface area (Å²) in [6.45, 7) is 0.135. The van der Waals surface area contributed by atoms with E-state index in [0.29, 0.717) is 23.1 Å². The number of hydrogen-bond donors (Lipinski definition) is 3. The molecule has 21 heavy (non-hydrogen) atoms. The average Bonchev–Trinajstić information content (AvgIpc) is 3.08. The van der Waals surface area contributed by atoms with Crippen molar-refractivity contribution in [2.75, 3.05) is 11.9 Å². The van der Waals surface area contributed by atoms with Gasteiger partial charge in [-0.05, 0) is 49.3 Å². The lowest BCUT2D eigenvalue weighted by Gasteiger charge is -2.30. The summed E-state index contributed by atoms with van der Waals surface area (Å²) in [6.07, 6.45) is 3.41. The minimum atomic E-state index is -0.263. The molecule has 2 fully saturated rings. The Bertz CT molecular complexity index is 581. The molecule has 0 heterocycles. The predicted molar refractivity (Wildman–Crippen MR) is 78.5 cm³/mol. The van der Waals surface area contributed by atoms with E-state index in [-0.39, 0.29) is 24.6 Å². The van der Waals surface area contributed by atoms with E-state index in [2.05, 4.69) is 10.6 Å². The molecule has 1 aromatic carbocycles. The van der Waals surface area contributed by atoms with Crippen molar-refractivity contribution in [2.24, 2.45) is 17.8 Å². The summed E-state index contributed by atoms with van der Waals surface area (Å²) in [5.74, 6) is 1.22. The van der Waals surface area contributed by atoms with Gasteiger partial charge in [0.15, 0.2) is 0 Å². The minimum Gasteiger partial charge on any atom is -0.396 e. The molecular formula is C16H19N3O2. The first-order chi connectivity index (χ1) is 10.2. The fourth-order valence-electron chi connectivity index (χ4n) is 3.88. The maximum atomic E-state index is 12.1. The fourth-order valence-corrected chi connectivity index (χ4v) is 3.88. The van der Waals surface area contributed by atoms with Gasteiger partial charge in [-0.25, -0.2) is 4.79 Å². The van der Waals surface area contributed by atoms with Crippen molar-refractivity contribution < 1.29 is 9.90 Å². The van der Waals surface area contributed by atoms with Crippen molar-refractivity contribution in [1.29, 1.82) is 5.26 Å². The topological polar surface area (TPSA) is 85.2 Å². The molecule has 0 radical (unpaired) electrons. The standard InChI is InChI=1S/C16H19N3O2/c17-8-10-2-1-3-13(6-10)18-16(21)19-15-12-5-4-11(7-12)14(15)9-20/h1-3,6,11-12,14-15,20H,4-5,7,9H2,(H2,18,19,21)/t11-,12-,14-,15-/m0/s1. The fraction of sp³-hybridized carbons (Fsp3) is 0.500. The molecule has 0 unspecified atom stereocenters. The van der Waals surface area contributed by atoms with Gasteiger partial charge in [-0.3, -0.25) is 0 Å². The number of carbonyl (C=O) groups is 1. The third kappa shape index (κ3) is 2.72. The Balaban J connectivity index is 1.63. The molecule has 5 nitrogen and oxygen atoms in total. The van der Waals surface area contributed by atoms with E-state index in [1.165, 1.54) is 6.42 Å². The summed E-state index contributed by atoms with van der Waals surface area (Å²) >= 11 is 0. The van der Waals surface area contributed by atoms with Crippen LogP contribution in [0.5, 0.6) is 0 Å². The molecule has 2 bridgehead atoms. The van der Waals surface area contributed by atoms with Crippen LogP contribution >= 0.6 is 0 Å². The van der Waals surface area contributed by atoms with Gasteiger partial charge in [0.05, 0.1) is 11.6 Å². The highest BCUT2D eigenvalue weighted by Gasteiger charge is 2.47. The Hall–Kier alpha value is -2.06. The van der Waals surface area contributed by atoms with E-state index in [0.717, 1.165) is 12.8 Å². The Morgan fingerprint density at radius 3 is 2.95 bits per heavy atom. The molecule has 0 aromatic heterocycles. The zero-order valence-electron chi connectivity index (χ0n) is 11.7. The number of anilines is 1. The number of rotatable bonds is 3. The van der Waals surface area contributed by atoms with Crippen molar-refractivity contribution in [2.45, 2.75) is 25.3 Å². The normalized spacial score (nSPS) is 29.9. The second kappa shape index (κ2) is 5.74. The molecule has 0 saturated heterocycles. The van der Waals surface area contributed by atoms with Crippen molar-refractivity contribution in [3.05, 3.63) is 29.8 Å². The number of benzene rings is 1. The highest BCUT2D eigenvalue weighted by atomic mass is 16.3. The summed E-state index contributed by atoms with van der Waals surface area (Å²) in [7, 11) is 0. The lowest BCUT2D eigenvalue weighted by molar-refractivity contribution is 0.146. The van der Waals surface area contributed by atoms with E-state index in [1.54, 1.807) is 24.3 Å². The van der Waals surface area contributed by atoms with E-state index >= 15 is 0 Å². The third-order valence-corrected chi connectivity index (χ3v) is 4.85. The number of fused-ring (bicyclic) bond motifs is 2. The Labute approximate surface area is 124 Å². The minimum absolute atomic E-state index is 0.0629. The van der Waals surface area contributed by atoms with Crippen LogP contribution in [0.3, 0.4) is 0 Å². The molecule has 3 rings (SSSR count). The van der Waals surface area contributed by atoms with Crippen LogP contribution in [0.1, 0.15) is 24.8 Å². The zero-order chi connectivity index (χ0) is 14.8. The second-order valence-electron chi connectivity index (χ2n) is 6.00. The number of carbonyl (C=O) groups excluding carboxylic acids is 1. The number of urea groups is 1. The maximum absolute atomic E-state index is 12.1. The molecular weight excluding hydrogens is 266 g/mol. The van der Waals surface area contributed by atoms with Gasteiger partial charge in [-0.15, -0.1) is 0 Å². The Kier molecular flexibility index (Phi) is 3.80. The van der Waals surface area contributed by atoms with Crippen LogP contribution in [-0.4, -0.2) is 23.8 Å². The predicted octanol–water partition coefficient (Wildman–Crippen LogP) is 2.09. The van der Waals surface area contributed by atoms with E-state index in [9.17, 15) is 9.90 Å². The van der Waals surface area contributed by atoms with Gasteiger partial charge in [0.25, 0.3) is 0 Å². The highest BCUT2D eigenvalue weighted by Crippen LogP contribution is 2.48. The molecule has 0 aliphatic heterocycles. The van der Waals surface area contributed by atoms with Crippen LogP contribution < -0.4 is 10.6 Å². The SMILES string of the molecule is N#Cc1cccc(NC(=O)N[C@H]2[C@H]3CC[C@@H](C3)[C@@H]2CO)c1. The van der Waals surface area contributed by atoms with Gasteiger partial charge >= 0.3 is 6.03 Å². The third-order valence-electron chi connectivity index (χ3n) is 4.85. The molecule has 4 atom stereocenters. The Morgan fingerprint density at radius 1 is 1.38 bits per heavy atom. The summed E-state index contributed by atoms with van der Waals surface area (Å²) in [4.78, 5) is 12.1. The Morgan fingerprint density at radius 2 is 2.19 bits per heavy atom. The number of nitrogens with zero attached hydrogens (tertiary/aromatic N) is 1. The molecule has 5 heteroatoms. The van der Waals surface area contributed by atoms with Crippen molar-refractivity contribution in [1.82, 2.24) is 5.32 Å². The monoisotopic (exact) mass is 285 g/mol. The van der Waals surface area contributed by atoms with Crippen molar-refractivity contribution in [3.8, 4) is 6.07 Å². The second-order valence-corrected chi connectivity index (χ2v) is 6.00. The molecule has 2 saturated carbocycles.